The Morgan fingerprint density at radius 2 is 1.70 bits per heavy atom. The van der Waals surface area contributed by atoms with Gasteiger partial charge in [0, 0.05) is 18.8 Å². The molecule has 0 radical (unpaired) electrons. The molecule has 1 heterocycles. The minimum atomic E-state index is -0.157. The van der Waals surface area contributed by atoms with Crippen molar-refractivity contribution < 1.29 is 19.0 Å². The van der Waals surface area contributed by atoms with E-state index in [4.69, 9.17) is 14.2 Å². The normalized spacial score (nSPS) is 15.1. The highest BCUT2D eigenvalue weighted by Gasteiger charge is 2.13. The fourth-order valence-electron chi connectivity index (χ4n) is 2.98. The van der Waals surface area contributed by atoms with E-state index in [1.54, 1.807) is 31.4 Å². The van der Waals surface area contributed by atoms with Crippen LogP contribution in [0.5, 0.6) is 11.5 Å². The average Bonchev–Trinajstić information content (AvgIpc) is 2.73. The molecule has 0 saturated carbocycles. The molecular weight excluding hydrogens is 344 g/mol. The number of methoxy groups -OCH3 is 1. The standard InChI is InChI=1S/C21H26N2O4/c1-16(17-3-5-18(6-4-17)23-11-13-26-14-12-23)22-21(24)15-27-20-9-7-19(25-2)8-10-20/h3-10,16H,11-15H2,1-2H3,(H,22,24). The van der Waals surface area contributed by atoms with Crippen LogP contribution in [0, 0.1) is 0 Å². The summed E-state index contributed by atoms with van der Waals surface area (Å²) in [6.45, 7) is 5.30. The van der Waals surface area contributed by atoms with Gasteiger partial charge in [-0.15, -0.1) is 0 Å². The van der Waals surface area contributed by atoms with Gasteiger partial charge in [0.05, 0.1) is 26.4 Å². The molecular formula is C21H26N2O4. The van der Waals surface area contributed by atoms with Gasteiger partial charge in [0.2, 0.25) is 0 Å². The van der Waals surface area contributed by atoms with Crippen molar-refractivity contribution in [1.82, 2.24) is 5.32 Å². The molecule has 0 aliphatic carbocycles. The van der Waals surface area contributed by atoms with Crippen LogP contribution in [0.15, 0.2) is 48.5 Å². The van der Waals surface area contributed by atoms with E-state index in [1.165, 1.54) is 5.69 Å². The van der Waals surface area contributed by atoms with Gasteiger partial charge in [0.15, 0.2) is 6.61 Å². The number of carbonyl (C=O) groups is 1. The molecule has 1 saturated heterocycles. The average molecular weight is 370 g/mol. The van der Waals surface area contributed by atoms with E-state index in [0.29, 0.717) is 5.75 Å². The highest BCUT2D eigenvalue weighted by molar-refractivity contribution is 5.78. The summed E-state index contributed by atoms with van der Waals surface area (Å²) >= 11 is 0. The molecule has 3 rings (SSSR count). The number of amides is 1. The zero-order chi connectivity index (χ0) is 19.1. The SMILES string of the molecule is COc1ccc(OCC(=O)NC(C)c2ccc(N3CCOCC3)cc2)cc1. The van der Waals surface area contributed by atoms with Crippen LogP contribution in [0.4, 0.5) is 5.69 Å². The van der Waals surface area contributed by atoms with Crippen LogP contribution >= 0.6 is 0 Å². The number of morpholine rings is 1. The largest absolute Gasteiger partial charge is 0.497 e. The quantitative estimate of drug-likeness (QED) is 0.812. The van der Waals surface area contributed by atoms with Crippen LogP contribution in [-0.2, 0) is 9.53 Å². The maximum absolute atomic E-state index is 12.2. The molecule has 1 amide bonds. The molecule has 0 aromatic heterocycles. The van der Waals surface area contributed by atoms with Gasteiger partial charge >= 0.3 is 0 Å². The summed E-state index contributed by atoms with van der Waals surface area (Å²) < 4.78 is 16.0. The van der Waals surface area contributed by atoms with Gasteiger partial charge in [-0.3, -0.25) is 4.79 Å². The van der Waals surface area contributed by atoms with E-state index in [2.05, 4.69) is 34.5 Å². The lowest BCUT2D eigenvalue weighted by atomic mass is 10.1. The molecule has 1 aliphatic heterocycles. The van der Waals surface area contributed by atoms with Crippen LogP contribution in [0.2, 0.25) is 0 Å². The third kappa shape index (κ3) is 5.37. The van der Waals surface area contributed by atoms with Crippen LogP contribution < -0.4 is 19.7 Å². The Bertz CT molecular complexity index is 725. The van der Waals surface area contributed by atoms with Crippen LogP contribution in [0.1, 0.15) is 18.5 Å². The lowest BCUT2D eigenvalue weighted by molar-refractivity contribution is -0.123. The van der Waals surface area contributed by atoms with Gasteiger partial charge in [0.25, 0.3) is 5.91 Å². The maximum atomic E-state index is 12.2. The Morgan fingerprint density at radius 3 is 2.33 bits per heavy atom. The number of benzene rings is 2. The molecule has 1 unspecified atom stereocenters. The third-order valence-electron chi connectivity index (χ3n) is 4.58. The van der Waals surface area contributed by atoms with Crippen molar-refractivity contribution in [2.75, 3.05) is 44.9 Å². The fourth-order valence-corrected chi connectivity index (χ4v) is 2.98. The Kier molecular flexibility index (Phi) is 6.54. The van der Waals surface area contributed by atoms with Crippen molar-refractivity contribution in [2.45, 2.75) is 13.0 Å². The van der Waals surface area contributed by atoms with Crippen molar-refractivity contribution in [3.8, 4) is 11.5 Å². The second-order valence-corrected chi connectivity index (χ2v) is 6.44. The van der Waals surface area contributed by atoms with Crippen molar-refractivity contribution >= 4 is 11.6 Å². The van der Waals surface area contributed by atoms with Gasteiger partial charge in [-0.2, -0.15) is 0 Å². The minimum absolute atomic E-state index is 0.0253. The minimum Gasteiger partial charge on any atom is -0.497 e. The summed E-state index contributed by atoms with van der Waals surface area (Å²) in [5.41, 5.74) is 2.24. The molecule has 6 heteroatoms. The third-order valence-corrected chi connectivity index (χ3v) is 4.58. The Hall–Kier alpha value is -2.73. The number of ether oxygens (including phenoxy) is 3. The van der Waals surface area contributed by atoms with Gasteiger partial charge in [-0.1, -0.05) is 12.1 Å². The van der Waals surface area contributed by atoms with Crippen LogP contribution in [0.3, 0.4) is 0 Å². The molecule has 1 aliphatic rings. The monoisotopic (exact) mass is 370 g/mol. The topological polar surface area (TPSA) is 60.0 Å². The molecule has 0 bridgehead atoms. The summed E-state index contributed by atoms with van der Waals surface area (Å²) in [6.07, 6.45) is 0. The lowest BCUT2D eigenvalue weighted by Gasteiger charge is -2.29. The maximum Gasteiger partial charge on any atom is 0.258 e. The van der Waals surface area contributed by atoms with E-state index in [9.17, 15) is 4.79 Å². The first-order valence-corrected chi connectivity index (χ1v) is 9.14. The van der Waals surface area contributed by atoms with Gasteiger partial charge in [-0.25, -0.2) is 0 Å². The van der Waals surface area contributed by atoms with Crippen molar-refractivity contribution in [3.63, 3.8) is 0 Å². The molecule has 1 fully saturated rings. The van der Waals surface area contributed by atoms with Crippen molar-refractivity contribution in [2.24, 2.45) is 0 Å². The number of carbonyl (C=O) groups excluding carboxylic acids is 1. The van der Waals surface area contributed by atoms with E-state index in [-0.39, 0.29) is 18.6 Å². The summed E-state index contributed by atoms with van der Waals surface area (Å²) in [5.74, 6) is 1.23. The Morgan fingerprint density at radius 1 is 1.07 bits per heavy atom. The molecule has 1 atom stereocenters. The second-order valence-electron chi connectivity index (χ2n) is 6.44. The smallest absolute Gasteiger partial charge is 0.258 e. The number of nitrogens with one attached hydrogen (secondary N) is 1. The van der Waals surface area contributed by atoms with E-state index in [0.717, 1.165) is 37.6 Å². The first-order valence-electron chi connectivity index (χ1n) is 9.14. The number of anilines is 1. The zero-order valence-corrected chi connectivity index (χ0v) is 15.8. The predicted molar refractivity (Wildman–Crippen MR) is 105 cm³/mol. The summed E-state index contributed by atoms with van der Waals surface area (Å²) in [5, 5.41) is 2.97. The van der Waals surface area contributed by atoms with E-state index in [1.807, 2.05) is 6.92 Å². The van der Waals surface area contributed by atoms with E-state index < -0.39 is 0 Å². The molecule has 2 aromatic rings. The van der Waals surface area contributed by atoms with Gasteiger partial charge in [0.1, 0.15) is 11.5 Å². The summed E-state index contributed by atoms with van der Waals surface area (Å²) in [7, 11) is 1.61. The fraction of sp³-hybridized carbons (Fsp3) is 0.381. The molecule has 144 valence electrons. The molecule has 2 aromatic carbocycles. The number of hydrogen-bond donors (Lipinski definition) is 1. The Balaban J connectivity index is 1.48. The second kappa shape index (κ2) is 9.28. The van der Waals surface area contributed by atoms with Gasteiger partial charge in [-0.05, 0) is 48.9 Å². The lowest BCUT2D eigenvalue weighted by Crippen LogP contribution is -2.36. The predicted octanol–water partition coefficient (Wildman–Crippen LogP) is 2.79. The zero-order valence-electron chi connectivity index (χ0n) is 15.8. The van der Waals surface area contributed by atoms with Crippen LogP contribution in [-0.4, -0.2) is 45.9 Å². The molecule has 0 spiro atoms. The number of rotatable bonds is 7. The summed E-state index contributed by atoms with van der Waals surface area (Å²) in [6, 6.07) is 15.4. The number of hydrogen-bond acceptors (Lipinski definition) is 5. The van der Waals surface area contributed by atoms with Crippen molar-refractivity contribution in [3.05, 3.63) is 54.1 Å². The van der Waals surface area contributed by atoms with Crippen LogP contribution in [0.25, 0.3) is 0 Å². The van der Waals surface area contributed by atoms with Gasteiger partial charge < -0.3 is 24.4 Å². The number of nitrogens with zero attached hydrogens (tertiary/aromatic N) is 1. The first-order chi connectivity index (χ1) is 13.2. The van der Waals surface area contributed by atoms with Crippen molar-refractivity contribution in [1.29, 1.82) is 0 Å². The first kappa shape index (κ1) is 19.0. The molecule has 6 nitrogen and oxygen atoms in total. The van der Waals surface area contributed by atoms with E-state index >= 15 is 0 Å². The molecule has 27 heavy (non-hydrogen) atoms. The Labute approximate surface area is 160 Å². The molecule has 1 N–H and O–H groups in total. The highest BCUT2D eigenvalue weighted by atomic mass is 16.5. The summed E-state index contributed by atoms with van der Waals surface area (Å²) in [4.78, 5) is 14.5. The highest BCUT2D eigenvalue weighted by Crippen LogP contribution is 2.20.